The lowest BCUT2D eigenvalue weighted by atomic mass is 10.0. The molecule has 1 aromatic carbocycles. The zero-order valence-electron chi connectivity index (χ0n) is 13.0. The number of nitrogens with one attached hydrogen (secondary N) is 1. The van der Waals surface area contributed by atoms with E-state index in [9.17, 15) is 22.4 Å². The summed E-state index contributed by atoms with van der Waals surface area (Å²) in [4.78, 5) is 17.0. The van der Waals surface area contributed by atoms with Gasteiger partial charge in [-0.3, -0.25) is 4.79 Å². The van der Waals surface area contributed by atoms with Crippen molar-refractivity contribution in [2.45, 2.75) is 25.2 Å². The molecule has 1 aliphatic heterocycles. The molecule has 2 unspecified atom stereocenters. The van der Waals surface area contributed by atoms with Gasteiger partial charge in [-0.25, -0.2) is 17.6 Å². The van der Waals surface area contributed by atoms with Crippen LogP contribution in [0.1, 0.15) is 35.3 Å². The molecule has 4 rings (SSSR count). The molecule has 1 saturated carbocycles. The molecule has 2 atom stereocenters. The van der Waals surface area contributed by atoms with E-state index in [1.807, 2.05) is 0 Å². The molecule has 1 saturated heterocycles. The fraction of sp³-hybridized carbons (Fsp3) is 0.471. The zero-order valence-corrected chi connectivity index (χ0v) is 13.8. The number of carbonyl (C=O) groups excluding carboxylic acids is 1. The van der Waals surface area contributed by atoms with Crippen molar-refractivity contribution in [2.24, 2.45) is 11.8 Å². The first-order valence-electron chi connectivity index (χ1n) is 8.01. The van der Waals surface area contributed by atoms with E-state index in [0.29, 0.717) is 0 Å². The number of hydrogen-bond acceptors (Lipinski definition) is 1. The van der Waals surface area contributed by atoms with Gasteiger partial charge in [0.1, 0.15) is 5.69 Å². The number of aromatic nitrogens is 1. The summed E-state index contributed by atoms with van der Waals surface area (Å²) < 4.78 is 53.1. The number of rotatable bonds is 2. The maximum absolute atomic E-state index is 13.4. The molecule has 2 fully saturated rings. The van der Waals surface area contributed by atoms with Crippen molar-refractivity contribution in [3.05, 3.63) is 34.5 Å². The number of aromatic amines is 1. The van der Waals surface area contributed by atoms with E-state index >= 15 is 0 Å². The molecule has 3 nitrogen and oxygen atoms in total. The first-order chi connectivity index (χ1) is 11.7. The zero-order chi connectivity index (χ0) is 17.9. The minimum absolute atomic E-state index is 0.150. The third kappa shape index (κ3) is 2.78. The number of likely N-dealkylation sites (tertiary alicyclic amines) is 1. The number of nitrogens with zero attached hydrogens (tertiary/aromatic N) is 1. The summed E-state index contributed by atoms with van der Waals surface area (Å²) in [5, 5.41) is 0.452. The summed E-state index contributed by atoms with van der Waals surface area (Å²) in [5.41, 5.74) is 0.234. The summed E-state index contributed by atoms with van der Waals surface area (Å²) in [6.45, 7) is 0.535. The first kappa shape index (κ1) is 16.7. The highest BCUT2D eigenvalue weighted by Gasteiger charge is 2.51. The van der Waals surface area contributed by atoms with Crippen molar-refractivity contribution < 1.29 is 22.4 Å². The van der Waals surface area contributed by atoms with Crippen LogP contribution in [0.2, 0.25) is 5.02 Å². The molecule has 2 aromatic rings. The molecule has 0 spiro atoms. The Bertz CT molecular complexity index is 835. The predicted octanol–water partition coefficient (Wildman–Crippen LogP) is 4.88. The Labute approximate surface area is 145 Å². The summed E-state index contributed by atoms with van der Waals surface area (Å²) >= 11 is 6.04. The lowest BCUT2D eigenvalue weighted by molar-refractivity contribution is -0.00245. The van der Waals surface area contributed by atoms with Crippen LogP contribution in [0.15, 0.2) is 18.2 Å². The third-order valence-corrected chi connectivity index (χ3v) is 5.54. The van der Waals surface area contributed by atoms with Crippen LogP contribution in [0.3, 0.4) is 0 Å². The van der Waals surface area contributed by atoms with Crippen molar-refractivity contribution in [3.8, 4) is 0 Å². The molecule has 0 radical (unpaired) electrons. The van der Waals surface area contributed by atoms with Crippen molar-refractivity contribution in [1.82, 2.24) is 9.88 Å². The van der Waals surface area contributed by atoms with Crippen LogP contribution in [-0.2, 0) is 0 Å². The molecule has 8 heteroatoms. The minimum Gasteiger partial charge on any atom is -0.349 e. The van der Waals surface area contributed by atoms with Gasteiger partial charge in [0.2, 0.25) is 5.92 Å². The second kappa shape index (κ2) is 5.62. The Hall–Kier alpha value is -1.76. The molecule has 25 heavy (non-hydrogen) atoms. The van der Waals surface area contributed by atoms with Gasteiger partial charge in [0.25, 0.3) is 12.3 Å². The predicted molar refractivity (Wildman–Crippen MR) is 85.3 cm³/mol. The largest absolute Gasteiger partial charge is 0.349 e. The Morgan fingerprint density at radius 3 is 2.48 bits per heavy atom. The van der Waals surface area contributed by atoms with Crippen molar-refractivity contribution in [2.75, 3.05) is 13.1 Å². The van der Waals surface area contributed by atoms with Crippen LogP contribution in [0.25, 0.3) is 10.9 Å². The van der Waals surface area contributed by atoms with Gasteiger partial charge in [0, 0.05) is 36.9 Å². The Morgan fingerprint density at radius 2 is 1.88 bits per heavy atom. The molecule has 1 amide bonds. The highest BCUT2D eigenvalue weighted by atomic mass is 35.5. The smallest absolute Gasteiger partial charge is 0.270 e. The number of fused-ring (bicyclic) bond motifs is 2. The highest BCUT2D eigenvalue weighted by molar-refractivity contribution is 6.35. The van der Waals surface area contributed by atoms with E-state index < -0.39 is 12.3 Å². The molecule has 2 aliphatic rings. The van der Waals surface area contributed by atoms with Gasteiger partial charge in [-0.1, -0.05) is 17.7 Å². The Kier molecular flexibility index (Phi) is 3.76. The van der Waals surface area contributed by atoms with Gasteiger partial charge in [-0.05, 0) is 24.0 Å². The number of H-pyrrole nitrogens is 1. The fourth-order valence-electron chi connectivity index (χ4n) is 4.10. The molecule has 1 N–H and O–H groups in total. The molecule has 134 valence electrons. The van der Waals surface area contributed by atoms with Crippen LogP contribution >= 0.6 is 11.6 Å². The van der Waals surface area contributed by atoms with E-state index in [2.05, 4.69) is 4.98 Å². The van der Waals surface area contributed by atoms with E-state index in [4.69, 9.17) is 11.6 Å². The maximum atomic E-state index is 13.4. The van der Waals surface area contributed by atoms with Crippen LogP contribution in [0, 0.1) is 11.8 Å². The number of benzene rings is 1. The number of carbonyl (C=O) groups is 1. The Morgan fingerprint density at radius 1 is 1.24 bits per heavy atom. The summed E-state index contributed by atoms with van der Waals surface area (Å²) in [5.74, 6) is -3.43. The second-order valence-corrected chi connectivity index (χ2v) is 7.31. The number of hydrogen-bond donors (Lipinski definition) is 1. The quantitative estimate of drug-likeness (QED) is 0.747. The van der Waals surface area contributed by atoms with Gasteiger partial charge >= 0.3 is 0 Å². The lowest BCUT2D eigenvalue weighted by Gasteiger charge is -2.18. The van der Waals surface area contributed by atoms with Gasteiger partial charge in [0.15, 0.2) is 0 Å². The first-order valence-corrected chi connectivity index (χ1v) is 8.39. The molecule has 2 heterocycles. The van der Waals surface area contributed by atoms with Crippen molar-refractivity contribution in [1.29, 1.82) is 0 Å². The van der Waals surface area contributed by atoms with Crippen molar-refractivity contribution >= 4 is 28.4 Å². The summed E-state index contributed by atoms with van der Waals surface area (Å²) in [6, 6.07) is 3.96. The monoisotopic (exact) mass is 374 g/mol. The molecule has 0 bridgehead atoms. The molecular weight excluding hydrogens is 360 g/mol. The van der Waals surface area contributed by atoms with Gasteiger partial charge in [0.05, 0.1) is 10.5 Å². The van der Waals surface area contributed by atoms with Gasteiger partial charge in [-0.15, -0.1) is 0 Å². The van der Waals surface area contributed by atoms with Gasteiger partial charge < -0.3 is 9.88 Å². The minimum atomic E-state index is -2.69. The topological polar surface area (TPSA) is 36.1 Å². The second-order valence-electron chi connectivity index (χ2n) is 6.90. The van der Waals surface area contributed by atoms with Gasteiger partial charge in [-0.2, -0.15) is 0 Å². The maximum Gasteiger partial charge on any atom is 0.270 e. The SMILES string of the molecule is O=C(c1cc2c(C(F)F)ccc(Cl)c2[nH]1)N1CC2CC(F)(F)CC2C1. The van der Waals surface area contributed by atoms with E-state index in [1.165, 1.54) is 23.1 Å². The van der Waals surface area contributed by atoms with Crippen LogP contribution < -0.4 is 0 Å². The molecular formula is C17H15ClF4N2O. The highest BCUT2D eigenvalue weighted by Crippen LogP contribution is 2.47. The van der Waals surface area contributed by atoms with E-state index in [0.717, 1.165) is 0 Å². The Balaban J connectivity index is 1.62. The summed E-state index contributed by atoms with van der Waals surface area (Å²) in [7, 11) is 0. The third-order valence-electron chi connectivity index (χ3n) is 5.23. The average molecular weight is 375 g/mol. The number of alkyl halides is 4. The number of amides is 1. The molecule has 1 aliphatic carbocycles. The van der Waals surface area contributed by atoms with Crippen LogP contribution in [0.5, 0.6) is 0 Å². The fourth-order valence-corrected chi connectivity index (χ4v) is 4.31. The van der Waals surface area contributed by atoms with E-state index in [1.54, 1.807) is 0 Å². The normalized spacial score (nSPS) is 25.1. The summed E-state index contributed by atoms with van der Waals surface area (Å²) in [6.07, 6.45) is -3.09. The lowest BCUT2D eigenvalue weighted by Crippen LogP contribution is -2.31. The van der Waals surface area contributed by atoms with Crippen LogP contribution in [0.4, 0.5) is 17.6 Å². The van der Waals surface area contributed by atoms with E-state index in [-0.39, 0.29) is 70.9 Å². The van der Waals surface area contributed by atoms with Crippen LogP contribution in [-0.4, -0.2) is 34.8 Å². The van der Waals surface area contributed by atoms with Crippen molar-refractivity contribution in [3.63, 3.8) is 0 Å². The average Bonchev–Trinajstić information content (AvgIpc) is 3.17. The standard InChI is InChI=1S/C17H15ClF4N2O/c18-12-2-1-10(15(19)20)11-3-13(23-14(11)12)16(25)24-6-8-4-17(21,22)5-9(8)7-24/h1-3,8-9,15,23H,4-7H2. The number of halogens is 5. The molecule has 1 aromatic heterocycles.